The molecular formula is C24H21BrO6S2. The van der Waals surface area contributed by atoms with Crippen LogP contribution < -0.4 is 8.92 Å². The molecule has 0 saturated carbocycles. The lowest BCUT2D eigenvalue weighted by Gasteiger charge is -2.11. The fourth-order valence-corrected chi connectivity index (χ4v) is 4.90. The standard InChI is InChI=1S/C24H21BrO6S2/c1-33(28,29)31-20-9-5-8-18(14-20)21(17-6-3-2-4-7-17)12-13-32-23-11-10-19(15-22(23)25)30-16-24(26)27/h2-12,14-15H,13,16H2,1H3,(H,26,27)/b21-12-. The van der Waals surface area contributed by atoms with E-state index in [0.29, 0.717) is 11.5 Å². The van der Waals surface area contributed by atoms with Crippen molar-refractivity contribution in [1.29, 1.82) is 0 Å². The van der Waals surface area contributed by atoms with Crippen LogP contribution in [0.15, 0.2) is 88.2 Å². The summed E-state index contributed by atoms with van der Waals surface area (Å²) in [5.41, 5.74) is 2.77. The van der Waals surface area contributed by atoms with Crippen LogP contribution in [0.2, 0.25) is 0 Å². The van der Waals surface area contributed by atoms with E-state index < -0.39 is 22.7 Å². The molecule has 0 aliphatic heterocycles. The largest absolute Gasteiger partial charge is 0.482 e. The van der Waals surface area contributed by atoms with E-state index >= 15 is 0 Å². The maximum Gasteiger partial charge on any atom is 0.341 e. The molecule has 0 unspecified atom stereocenters. The Balaban J connectivity index is 1.83. The minimum atomic E-state index is -3.63. The molecule has 0 heterocycles. The molecule has 3 aromatic rings. The number of carbonyl (C=O) groups is 1. The smallest absolute Gasteiger partial charge is 0.341 e. The summed E-state index contributed by atoms with van der Waals surface area (Å²) in [4.78, 5) is 11.6. The lowest BCUT2D eigenvalue weighted by Crippen LogP contribution is -2.09. The van der Waals surface area contributed by atoms with E-state index in [9.17, 15) is 13.2 Å². The first kappa shape index (κ1) is 24.9. The topological polar surface area (TPSA) is 89.9 Å². The van der Waals surface area contributed by atoms with Gasteiger partial charge in [0.25, 0.3) is 0 Å². The Bertz CT molecular complexity index is 1260. The zero-order valence-corrected chi connectivity index (χ0v) is 20.8. The minimum Gasteiger partial charge on any atom is -0.482 e. The average Bonchev–Trinajstić information content (AvgIpc) is 2.76. The Labute approximate surface area is 205 Å². The number of carboxylic acid groups (broad SMARTS) is 1. The fraction of sp³-hybridized carbons (Fsp3) is 0.125. The van der Waals surface area contributed by atoms with Gasteiger partial charge < -0.3 is 14.0 Å². The molecule has 0 bridgehead atoms. The van der Waals surface area contributed by atoms with Gasteiger partial charge in [-0.3, -0.25) is 0 Å². The number of aliphatic carboxylic acids is 1. The van der Waals surface area contributed by atoms with Crippen molar-refractivity contribution in [3.8, 4) is 11.5 Å². The number of halogens is 1. The average molecular weight is 549 g/mol. The van der Waals surface area contributed by atoms with Crippen LogP contribution in [0.4, 0.5) is 0 Å². The van der Waals surface area contributed by atoms with Crippen molar-refractivity contribution >= 4 is 49.4 Å². The van der Waals surface area contributed by atoms with Crippen LogP contribution in [-0.4, -0.2) is 38.1 Å². The van der Waals surface area contributed by atoms with Crippen LogP contribution in [0.3, 0.4) is 0 Å². The van der Waals surface area contributed by atoms with Crippen LogP contribution in [0.5, 0.6) is 11.5 Å². The molecule has 0 radical (unpaired) electrons. The highest BCUT2D eigenvalue weighted by Crippen LogP contribution is 2.33. The van der Waals surface area contributed by atoms with Gasteiger partial charge in [-0.25, -0.2) is 4.79 Å². The Hall–Kier alpha value is -2.75. The monoisotopic (exact) mass is 548 g/mol. The van der Waals surface area contributed by atoms with Crippen LogP contribution in [0.25, 0.3) is 5.57 Å². The quantitative estimate of drug-likeness (QED) is 0.265. The molecule has 0 amide bonds. The summed E-state index contributed by atoms with van der Waals surface area (Å²) in [5.74, 6) is 0.324. The van der Waals surface area contributed by atoms with Gasteiger partial charge in [0.05, 0.1) is 6.26 Å². The third-order valence-corrected chi connectivity index (χ3v) is 6.68. The number of benzene rings is 3. The van der Waals surface area contributed by atoms with Gasteiger partial charge in [0.1, 0.15) is 11.5 Å². The Morgan fingerprint density at radius 2 is 1.73 bits per heavy atom. The summed E-state index contributed by atoms with van der Waals surface area (Å²) in [6.45, 7) is -0.399. The Morgan fingerprint density at radius 3 is 2.39 bits per heavy atom. The van der Waals surface area contributed by atoms with Crippen molar-refractivity contribution in [2.45, 2.75) is 4.90 Å². The molecule has 0 aliphatic carbocycles. The zero-order valence-electron chi connectivity index (χ0n) is 17.6. The number of carboxylic acids is 1. The van der Waals surface area contributed by atoms with Crippen molar-refractivity contribution in [3.05, 3.63) is 94.5 Å². The Morgan fingerprint density at radius 1 is 1.00 bits per heavy atom. The molecule has 1 N–H and O–H groups in total. The Kier molecular flexibility index (Phi) is 8.60. The first-order chi connectivity index (χ1) is 15.7. The van der Waals surface area contributed by atoms with E-state index in [1.54, 1.807) is 42.1 Å². The van der Waals surface area contributed by atoms with Crippen LogP contribution in [-0.2, 0) is 14.9 Å². The lowest BCUT2D eigenvalue weighted by atomic mass is 9.98. The van der Waals surface area contributed by atoms with Crippen molar-refractivity contribution in [2.75, 3.05) is 18.6 Å². The summed E-state index contributed by atoms with van der Waals surface area (Å²) in [7, 11) is -3.63. The molecule has 0 aliphatic rings. The maximum absolute atomic E-state index is 11.5. The first-order valence-electron chi connectivity index (χ1n) is 9.74. The summed E-state index contributed by atoms with van der Waals surface area (Å²) in [5, 5.41) is 8.74. The van der Waals surface area contributed by atoms with Crippen molar-refractivity contribution < 1.29 is 27.2 Å². The molecule has 3 rings (SSSR count). The fourth-order valence-electron chi connectivity index (χ4n) is 2.96. The summed E-state index contributed by atoms with van der Waals surface area (Å²) >= 11 is 5.10. The molecular weight excluding hydrogens is 528 g/mol. The van der Waals surface area contributed by atoms with Crippen molar-refractivity contribution in [1.82, 2.24) is 0 Å². The van der Waals surface area contributed by atoms with E-state index in [1.165, 1.54) is 0 Å². The molecule has 0 atom stereocenters. The molecule has 0 fully saturated rings. The molecule has 0 saturated heterocycles. The van der Waals surface area contributed by atoms with E-state index in [0.717, 1.165) is 32.3 Å². The number of hydrogen-bond acceptors (Lipinski definition) is 6. The van der Waals surface area contributed by atoms with E-state index in [-0.39, 0.29) is 5.75 Å². The molecule has 9 heteroatoms. The SMILES string of the molecule is CS(=O)(=O)Oc1cccc(/C(=C\CSc2ccc(OCC(=O)O)cc2Br)c2ccccc2)c1. The normalized spacial score (nSPS) is 11.8. The summed E-state index contributed by atoms with van der Waals surface area (Å²) in [6.07, 6.45) is 3.08. The van der Waals surface area contributed by atoms with Gasteiger partial charge in [-0.1, -0.05) is 48.5 Å². The molecule has 6 nitrogen and oxygen atoms in total. The number of thioether (sulfide) groups is 1. The van der Waals surface area contributed by atoms with E-state index in [4.69, 9.17) is 14.0 Å². The van der Waals surface area contributed by atoms with Crippen molar-refractivity contribution in [2.24, 2.45) is 0 Å². The first-order valence-corrected chi connectivity index (χ1v) is 13.3. The highest BCUT2D eigenvalue weighted by molar-refractivity contribution is 9.10. The van der Waals surface area contributed by atoms with Crippen LogP contribution in [0, 0.1) is 0 Å². The highest BCUT2D eigenvalue weighted by atomic mass is 79.9. The number of ether oxygens (including phenoxy) is 1. The van der Waals surface area contributed by atoms with Crippen LogP contribution in [0.1, 0.15) is 11.1 Å². The number of rotatable bonds is 10. The molecule has 33 heavy (non-hydrogen) atoms. The third-order valence-electron chi connectivity index (χ3n) is 4.27. The zero-order chi connectivity index (χ0) is 23.8. The number of hydrogen-bond donors (Lipinski definition) is 1. The van der Waals surface area contributed by atoms with Gasteiger partial charge in [-0.15, -0.1) is 11.8 Å². The van der Waals surface area contributed by atoms with Gasteiger partial charge in [0.2, 0.25) is 0 Å². The van der Waals surface area contributed by atoms with Gasteiger partial charge in [-0.2, -0.15) is 8.42 Å². The summed E-state index contributed by atoms with van der Waals surface area (Å²) < 4.78 is 34.1. The van der Waals surface area contributed by atoms with Crippen molar-refractivity contribution in [3.63, 3.8) is 0 Å². The molecule has 172 valence electrons. The maximum atomic E-state index is 11.5. The minimum absolute atomic E-state index is 0.254. The molecule has 0 spiro atoms. The molecule has 3 aromatic carbocycles. The second-order valence-electron chi connectivity index (χ2n) is 6.88. The third kappa shape index (κ3) is 7.96. The highest BCUT2D eigenvalue weighted by Gasteiger charge is 2.10. The second kappa shape index (κ2) is 11.4. The van der Waals surface area contributed by atoms with Gasteiger partial charge >= 0.3 is 16.1 Å². The second-order valence-corrected chi connectivity index (χ2v) is 10.4. The van der Waals surface area contributed by atoms with Crippen LogP contribution >= 0.6 is 27.7 Å². The van der Waals surface area contributed by atoms with Gasteiger partial charge in [-0.05, 0) is 63.0 Å². The van der Waals surface area contributed by atoms with Gasteiger partial charge in [0, 0.05) is 15.1 Å². The van der Waals surface area contributed by atoms with E-state index in [1.807, 2.05) is 42.5 Å². The van der Waals surface area contributed by atoms with E-state index in [2.05, 4.69) is 22.0 Å². The van der Waals surface area contributed by atoms with Gasteiger partial charge in [0.15, 0.2) is 6.61 Å². The summed E-state index contributed by atoms with van der Waals surface area (Å²) in [6, 6.07) is 22.1. The predicted octanol–water partition coefficient (Wildman–Crippen LogP) is 5.47. The lowest BCUT2D eigenvalue weighted by molar-refractivity contribution is -0.139. The molecule has 0 aromatic heterocycles. The predicted molar refractivity (Wildman–Crippen MR) is 133 cm³/mol.